The maximum Gasteiger partial charge on any atom is 0.271 e. The van der Waals surface area contributed by atoms with Crippen molar-refractivity contribution in [3.8, 4) is 0 Å². The van der Waals surface area contributed by atoms with Crippen LogP contribution in [0.3, 0.4) is 0 Å². The molecule has 0 atom stereocenters. The van der Waals surface area contributed by atoms with Crippen LogP contribution in [0, 0.1) is 0 Å². The van der Waals surface area contributed by atoms with E-state index in [1.807, 2.05) is 36.4 Å². The summed E-state index contributed by atoms with van der Waals surface area (Å²) in [4.78, 5) is 30.5. The van der Waals surface area contributed by atoms with Crippen molar-refractivity contribution in [2.24, 2.45) is 0 Å². The molecule has 1 aliphatic carbocycles. The number of benzene rings is 2. The minimum Gasteiger partial charge on any atom is -0.322 e. The van der Waals surface area contributed by atoms with Gasteiger partial charge in [-0.05, 0) is 54.7 Å². The lowest BCUT2D eigenvalue weighted by Gasteiger charge is -2.07. The average molecular weight is 361 g/mol. The van der Waals surface area contributed by atoms with Gasteiger partial charge >= 0.3 is 0 Å². The van der Waals surface area contributed by atoms with Crippen LogP contribution in [-0.4, -0.2) is 15.3 Å². The number of thiazole rings is 1. The zero-order valence-electron chi connectivity index (χ0n) is 13.9. The van der Waals surface area contributed by atoms with E-state index in [1.165, 1.54) is 33.1 Å². The Morgan fingerprint density at radius 2 is 1.96 bits per heavy atom. The van der Waals surface area contributed by atoms with Gasteiger partial charge in [-0.25, -0.2) is 4.98 Å². The topological polar surface area (TPSA) is 63.5 Å². The van der Waals surface area contributed by atoms with Crippen LogP contribution >= 0.6 is 11.3 Å². The van der Waals surface area contributed by atoms with Crippen molar-refractivity contribution < 1.29 is 4.79 Å². The smallest absolute Gasteiger partial charge is 0.271 e. The minimum atomic E-state index is -0.426. The van der Waals surface area contributed by atoms with Gasteiger partial charge in [0.05, 0.1) is 10.2 Å². The molecular formula is C20H15N3O2S. The third-order valence-corrected chi connectivity index (χ3v) is 5.87. The molecule has 6 heteroatoms. The number of para-hydroxylation sites is 1. The second-order valence-electron chi connectivity index (χ2n) is 6.46. The Kier molecular flexibility index (Phi) is 3.39. The van der Waals surface area contributed by atoms with Gasteiger partial charge in [0.1, 0.15) is 5.56 Å². The summed E-state index contributed by atoms with van der Waals surface area (Å²) in [7, 11) is 0. The zero-order valence-corrected chi connectivity index (χ0v) is 14.7. The van der Waals surface area contributed by atoms with Crippen LogP contribution in [0.2, 0.25) is 0 Å². The van der Waals surface area contributed by atoms with Crippen LogP contribution in [0.4, 0.5) is 5.69 Å². The van der Waals surface area contributed by atoms with E-state index in [9.17, 15) is 9.59 Å². The lowest BCUT2D eigenvalue weighted by molar-refractivity contribution is 0.102. The van der Waals surface area contributed by atoms with E-state index in [0.717, 1.165) is 35.2 Å². The molecule has 2 heterocycles. The number of carbonyl (C=O) groups is 1. The number of hydrogen-bond acceptors (Lipinski definition) is 4. The molecule has 2 aromatic heterocycles. The summed E-state index contributed by atoms with van der Waals surface area (Å²) in [5, 5.41) is 2.84. The van der Waals surface area contributed by atoms with Crippen molar-refractivity contribution in [3.63, 3.8) is 0 Å². The van der Waals surface area contributed by atoms with Crippen LogP contribution in [0.1, 0.15) is 27.9 Å². The fourth-order valence-electron chi connectivity index (χ4n) is 3.55. The third kappa shape index (κ3) is 2.34. The zero-order chi connectivity index (χ0) is 17.7. The summed E-state index contributed by atoms with van der Waals surface area (Å²) in [5.41, 5.74) is 3.82. The molecule has 0 saturated carbocycles. The van der Waals surface area contributed by atoms with E-state index >= 15 is 0 Å². The van der Waals surface area contributed by atoms with Gasteiger partial charge in [0.2, 0.25) is 0 Å². The van der Waals surface area contributed by atoms with E-state index in [-0.39, 0.29) is 11.1 Å². The number of amides is 1. The first-order chi connectivity index (χ1) is 12.7. The Morgan fingerprint density at radius 1 is 1.12 bits per heavy atom. The first kappa shape index (κ1) is 15.3. The predicted octanol–water partition coefficient (Wildman–Crippen LogP) is 3.65. The SMILES string of the molecule is O=C(Nc1ccc2c(c1)CCC2)c1cnc2sc3ccccc3n2c1=O. The molecule has 4 aromatic rings. The summed E-state index contributed by atoms with van der Waals surface area (Å²) >= 11 is 1.43. The van der Waals surface area contributed by atoms with Gasteiger partial charge in [0, 0.05) is 11.9 Å². The van der Waals surface area contributed by atoms with Gasteiger partial charge in [0.25, 0.3) is 11.5 Å². The summed E-state index contributed by atoms with van der Waals surface area (Å²) in [6, 6.07) is 13.6. The molecule has 0 bridgehead atoms. The average Bonchev–Trinajstić information content (AvgIpc) is 3.25. The number of nitrogens with one attached hydrogen (secondary N) is 1. The molecule has 26 heavy (non-hydrogen) atoms. The third-order valence-electron chi connectivity index (χ3n) is 4.84. The van der Waals surface area contributed by atoms with Crippen LogP contribution < -0.4 is 10.9 Å². The van der Waals surface area contributed by atoms with E-state index in [0.29, 0.717) is 4.96 Å². The number of aryl methyl sites for hydroxylation is 2. The Balaban J connectivity index is 1.56. The quantitative estimate of drug-likeness (QED) is 0.593. The maximum atomic E-state index is 12.9. The normalized spacial score (nSPS) is 13.2. The first-order valence-corrected chi connectivity index (χ1v) is 9.35. The lowest BCUT2D eigenvalue weighted by Crippen LogP contribution is -2.26. The molecule has 0 aliphatic heterocycles. The number of nitrogens with zero attached hydrogens (tertiary/aromatic N) is 2. The fourth-order valence-corrected chi connectivity index (χ4v) is 4.54. The number of anilines is 1. The van der Waals surface area contributed by atoms with Crippen molar-refractivity contribution in [2.45, 2.75) is 19.3 Å². The monoisotopic (exact) mass is 361 g/mol. The predicted molar refractivity (Wildman–Crippen MR) is 103 cm³/mol. The molecule has 2 aromatic carbocycles. The number of rotatable bonds is 2. The van der Waals surface area contributed by atoms with Crippen molar-refractivity contribution >= 4 is 38.1 Å². The largest absolute Gasteiger partial charge is 0.322 e. The van der Waals surface area contributed by atoms with E-state index in [1.54, 1.807) is 0 Å². The van der Waals surface area contributed by atoms with Crippen molar-refractivity contribution in [2.75, 3.05) is 5.32 Å². The molecular weight excluding hydrogens is 346 g/mol. The Morgan fingerprint density at radius 3 is 2.88 bits per heavy atom. The van der Waals surface area contributed by atoms with Crippen molar-refractivity contribution in [1.82, 2.24) is 9.38 Å². The highest BCUT2D eigenvalue weighted by Crippen LogP contribution is 2.25. The number of hydrogen-bond donors (Lipinski definition) is 1. The van der Waals surface area contributed by atoms with Gasteiger partial charge in [-0.1, -0.05) is 29.5 Å². The van der Waals surface area contributed by atoms with E-state index in [2.05, 4.69) is 16.4 Å². The van der Waals surface area contributed by atoms with E-state index in [4.69, 9.17) is 0 Å². The molecule has 1 aliphatic rings. The highest BCUT2D eigenvalue weighted by Gasteiger charge is 2.17. The summed E-state index contributed by atoms with van der Waals surface area (Å²) < 4.78 is 2.48. The van der Waals surface area contributed by atoms with Gasteiger partial charge in [-0.2, -0.15) is 0 Å². The maximum absolute atomic E-state index is 12.9. The van der Waals surface area contributed by atoms with Crippen LogP contribution in [0.5, 0.6) is 0 Å². The van der Waals surface area contributed by atoms with Gasteiger partial charge in [-0.15, -0.1) is 0 Å². The van der Waals surface area contributed by atoms with Crippen molar-refractivity contribution in [1.29, 1.82) is 0 Å². The van der Waals surface area contributed by atoms with Gasteiger partial charge in [0.15, 0.2) is 4.96 Å². The molecule has 0 radical (unpaired) electrons. The Bertz CT molecular complexity index is 1240. The Hall–Kier alpha value is -2.99. The number of fused-ring (bicyclic) bond motifs is 4. The molecule has 0 unspecified atom stereocenters. The molecule has 5 rings (SSSR count). The summed E-state index contributed by atoms with van der Waals surface area (Å²) in [6.45, 7) is 0. The molecule has 5 nitrogen and oxygen atoms in total. The lowest BCUT2D eigenvalue weighted by atomic mass is 10.1. The van der Waals surface area contributed by atoms with Crippen LogP contribution in [0.25, 0.3) is 15.2 Å². The highest BCUT2D eigenvalue weighted by molar-refractivity contribution is 7.23. The summed E-state index contributed by atoms with van der Waals surface area (Å²) in [5.74, 6) is -0.426. The summed E-state index contributed by atoms with van der Waals surface area (Å²) in [6.07, 6.45) is 4.66. The van der Waals surface area contributed by atoms with Crippen LogP contribution in [0.15, 0.2) is 53.5 Å². The molecule has 0 spiro atoms. The van der Waals surface area contributed by atoms with E-state index < -0.39 is 5.91 Å². The number of carbonyl (C=O) groups excluding carboxylic acids is 1. The second-order valence-corrected chi connectivity index (χ2v) is 7.47. The second kappa shape index (κ2) is 5.78. The minimum absolute atomic E-state index is 0.0477. The molecule has 0 saturated heterocycles. The first-order valence-electron chi connectivity index (χ1n) is 8.53. The molecule has 1 N–H and O–H groups in total. The van der Waals surface area contributed by atoms with Gasteiger partial charge < -0.3 is 5.32 Å². The fraction of sp³-hybridized carbons (Fsp3) is 0.150. The molecule has 0 fully saturated rings. The number of aromatic nitrogens is 2. The van der Waals surface area contributed by atoms with Gasteiger partial charge in [-0.3, -0.25) is 14.0 Å². The van der Waals surface area contributed by atoms with Crippen LogP contribution in [-0.2, 0) is 12.8 Å². The molecule has 1 amide bonds. The standard InChI is InChI=1S/C20H15N3O2S/c24-18(22-14-9-8-12-4-3-5-13(12)10-14)15-11-21-20-23(19(15)25)16-6-1-2-7-17(16)26-20/h1-2,6-11H,3-5H2,(H,22,24). The Labute approximate surface area is 152 Å². The van der Waals surface area contributed by atoms with Crippen molar-refractivity contribution in [3.05, 3.63) is 75.7 Å². The highest BCUT2D eigenvalue weighted by atomic mass is 32.1. The molecule has 128 valence electrons.